The molecule has 0 saturated heterocycles. The summed E-state index contributed by atoms with van der Waals surface area (Å²) < 4.78 is 92.3. The van der Waals surface area contributed by atoms with Gasteiger partial charge in [0.1, 0.15) is 11.9 Å². The fourth-order valence-corrected chi connectivity index (χ4v) is 3.12. The molecule has 1 aromatic rings. The van der Waals surface area contributed by atoms with E-state index in [0.717, 1.165) is 0 Å². The van der Waals surface area contributed by atoms with Crippen LogP contribution < -0.4 is 4.74 Å². The van der Waals surface area contributed by atoms with E-state index < -0.39 is 56.4 Å². The number of aliphatic hydroxyl groups excluding tert-OH is 1. The van der Waals surface area contributed by atoms with E-state index >= 15 is 0 Å². The molecule has 10 heteroatoms. The lowest BCUT2D eigenvalue weighted by Crippen LogP contribution is -2.24. The van der Waals surface area contributed by atoms with Crippen LogP contribution >= 0.6 is 0 Å². The summed E-state index contributed by atoms with van der Waals surface area (Å²) in [4.78, 5) is -0.758. The van der Waals surface area contributed by atoms with E-state index in [1.54, 1.807) is 0 Å². The Kier molecular flexibility index (Phi) is 3.65. The molecule has 0 saturated carbocycles. The number of rotatable bonds is 3. The Morgan fingerprint density at radius 1 is 1.29 bits per heavy atom. The second kappa shape index (κ2) is 4.80. The van der Waals surface area contributed by atoms with Gasteiger partial charge in [0, 0.05) is 17.4 Å². The van der Waals surface area contributed by atoms with Crippen LogP contribution in [-0.2, 0) is 9.84 Å². The number of hydrogen-bond donors (Lipinski definition) is 1. The Bertz CT molecular complexity index is 673. The first-order valence-electron chi connectivity index (χ1n) is 5.49. The summed E-state index contributed by atoms with van der Waals surface area (Å²) in [6.45, 7) is -3.42. The number of halogens is 5. The number of fused-ring (bicyclic) bond motifs is 1. The number of hydrogen-bond acceptors (Lipinski definition) is 4. The molecule has 1 N–H and O–H groups in total. The van der Waals surface area contributed by atoms with Crippen molar-refractivity contribution in [2.45, 2.75) is 29.7 Å². The van der Waals surface area contributed by atoms with Gasteiger partial charge in [0.15, 0.2) is 16.0 Å². The van der Waals surface area contributed by atoms with Crippen molar-refractivity contribution in [2.24, 2.45) is 0 Å². The number of sulfone groups is 1. The van der Waals surface area contributed by atoms with E-state index in [1.807, 2.05) is 0 Å². The first-order chi connectivity index (χ1) is 9.48. The van der Waals surface area contributed by atoms with Crippen molar-refractivity contribution < 1.29 is 40.2 Å². The molecular weight excluding hydrogens is 323 g/mol. The molecule has 0 bridgehead atoms. The van der Waals surface area contributed by atoms with Crippen LogP contribution in [0, 0.1) is 0 Å². The molecule has 0 aliphatic heterocycles. The van der Waals surface area contributed by atoms with Gasteiger partial charge in [-0.15, -0.1) is 0 Å². The van der Waals surface area contributed by atoms with Gasteiger partial charge in [0.25, 0.3) is 0 Å². The maximum atomic E-state index is 13.8. The van der Waals surface area contributed by atoms with Crippen LogP contribution in [0.2, 0.25) is 0 Å². The van der Waals surface area contributed by atoms with Gasteiger partial charge >= 0.3 is 12.5 Å². The van der Waals surface area contributed by atoms with Gasteiger partial charge in [-0.3, -0.25) is 0 Å². The average Bonchev–Trinajstić information content (AvgIpc) is 2.50. The van der Waals surface area contributed by atoms with Crippen LogP contribution in [0.4, 0.5) is 22.0 Å². The third-order valence-electron chi connectivity index (χ3n) is 3.05. The van der Waals surface area contributed by atoms with Crippen LogP contribution in [-0.4, -0.2) is 32.3 Å². The SMILES string of the molecule is CS(=O)(=O)c1ccc(OC(F)F)c2c1[C@H](O)C(F)(F)[C@@H]2F. The first kappa shape index (κ1) is 16.0. The normalized spacial score (nSPS) is 24.2. The molecule has 4 nitrogen and oxygen atoms in total. The molecule has 0 fully saturated rings. The summed E-state index contributed by atoms with van der Waals surface area (Å²) >= 11 is 0. The molecule has 2 rings (SSSR count). The molecule has 118 valence electrons. The Hall–Kier alpha value is -1.42. The highest BCUT2D eigenvalue weighted by molar-refractivity contribution is 7.90. The summed E-state index contributed by atoms with van der Waals surface area (Å²) in [6.07, 6.45) is -5.27. The molecule has 0 amide bonds. The lowest BCUT2D eigenvalue weighted by Gasteiger charge is -2.16. The van der Waals surface area contributed by atoms with Gasteiger partial charge < -0.3 is 9.84 Å². The standard InChI is InChI=1S/C11H9F5O4S/c1-21(18,19)5-3-2-4(20-10(13)14)6-7(5)9(17)11(15,16)8(6)12/h2-3,8-10,17H,1H3/t8-,9+/m1/s1. The fourth-order valence-electron chi connectivity index (χ4n) is 2.19. The van der Waals surface area contributed by atoms with Gasteiger partial charge in [-0.25, -0.2) is 12.8 Å². The summed E-state index contributed by atoms with van der Waals surface area (Å²) in [6, 6.07) is 1.37. The van der Waals surface area contributed by atoms with Crippen LogP contribution in [0.3, 0.4) is 0 Å². The van der Waals surface area contributed by atoms with Gasteiger partial charge in [0.05, 0.1) is 4.90 Å². The van der Waals surface area contributed by atoms with E-state index in [2.05, 4.69) is 4.74 Å². The van der Waals surface area contributed by atoms with E-state index in [9.17, 15) is 35.5 Å². The summed E-state index contributed by atoms with van der Waals surface area (Å²) in [5.74, 6) is -5.28. The highest BCUT2D eigenvalue weighted by Gasteiger charge is 2.59. The lowest BCUT2D eigenvalue weighted by atomic mass is 10.1. The van der Waals surface area contributed by atoms with E-state index in [0.29, 0.717) is 18.4 Å². The Labute approximate surface area is 116 Å². The van der Waals surface area contributed by atoms with Crippen LogP contribution in [0.25, 0.3) is 0 Å². The topological polar surface area (TPSA) is 63.6 Å². The molecule has 1 aromatic carbocycles. The van der Waals surface area contributed by atoms with Crippen molar-refractivity contribution >= 4 is 9.84 Å². The largest absolute Gasteiger partial charge is 0.434 e. The molecule has 0 spiro atoms. The van der Waals surface area contributed by atoms with Crippen molar-refractivity contribution in [3.05, 3.63) is 23.3 Å². The monoisotopic (exact) mass is 332 g/mol. The second-order valence-corrected chi connectivity index (χ2v) is 6.46. The number of alkyl halides is 5. The molecular formula is C11H9F5O4S. The van der Waals surface area contributed by atoms with Gasteiger partial charge in [-0.1, -0.05) is 0 Å². The quantitative estimate of drug-likeness (QED) is 0.864. The zero-order valence-corrected chi connectivity index (χ0v) is 11.2. The van der Waals surface area contributed by atoms with Crippen molar-refractivity contribution in [3.8, 4) is 5.75 Å². The highest BCUT2D eigenvalue weighted by atomic mass is 32.2. The van der Waals surface area contributed by atoms with Crippen molar-refractivity contribution in [3.63, 3.8) is 0 Å². The van der Waals surface area contributed by atoms with Crippen LogP contribution in [0.1, 0.15) is 23.4 Å². The number of benzene rings is 1. The predicted octanol–water partition coefficient (Wildman–Crippen LogP) is 2.38. The minimum absolute atomic E-state index is 0.655. The Morgan fingerprint density at radius 2 is 1.86 bits per heavy atom. The zero-order chi connectivity index (χ0) is 16.2. The molecule has 0 unspecified atom stereocenters. The number of ether oxygens (including phenoxy) is 1. The first-order valence-corrected chi connectivity index (χ1v) is 7.38. The van der Waals surface area contributed by atoms with Crippen LogP contribution in [0.5, 0.6) is 5.75 Å². The zero-order valence-electron chi connectivity index (χ0n) is 10.4. The smallest absolute Gasteiger partial charge is 0.387 e. The van der Waals surface area contributed by atoms with Crippen LogP contribution in [0.15, 0.2) is 17.0 Å². The summed E-state index contributed by atoms with van der Waals surface area (Å²) in [7, 11) is -4.08. The molecule has 1 aliphatic carbocycles. The molecule has 0 heterocycles. The molecule has 1 aliphatic rings. The third-order valence-corrected chi connectivity index (χ3v) is 4.21. The highest BCUT2D eigenvalue weighted by Crippen LogP contribution is 2.56. The minimum atomic E-state index is -4.34. The second-order valence-electron chi connectivity index (χ2n) is 4.48. The predicted molar refractivity (Wildman–Crippen MR) is 59.9 cm³/mol. The Morgan fingerprint density at radius 3 is 2.33 bits per heavy atom. The molecule has 2 atom stereocenters. The summed E-state index contributed by atoms with van der Waals surface area (Å²) in [5, 5.41) is 9.48. The van der Waals surface area contributed by atoms with Gasteiger partial charge in [-0.2, -0.15) is 17.6 Å². The van der Waals surface area contributed by atoms with Gasteiger partial charge in [0.2, 0.25) is 0 Å². The maximum Gasteiger partial charge on any atom is 0.387 e. The molecule has 0 radical (unpaired) electrons. The third kappa shape index (κ3) is 2.46. The molecule has 0 aromatic heterocycles. The van der Waals surface area contributed by atoms with Crippen molar-refractivity contribution in [1.82, 2.24) is 0 Å². The maximum absolute atomic E-state index is 13.8. The van der Waals surface area contributed by atoms with Gasteiger partial charge in [-0.05, 0) is 12.1 Å². The van der Waals surface area contributed by atoms with E-state index in [1.165, 1.54) is 0 Å². The lowest BCUT2D eigenvalue weighted by molar-refractivity contribution is -0.144. The fraction of sp³-hybridized carbons (Fsp3) is 0.455. The van der Waals surface area contributed by atoms with Crippen molar-refractivity contribution in [1.29, 1.82) is 0 Å². The van der Waals surface area contributed by atoms with E-state index in [-0.39, 0.29) is 0 Å². The minimum Gasteiger partial charge on any atom is -0.434 e. The van der Waals surface area contributed by atoms with E-state index in [4.69, 9.17) is 0 Å². The number of aliphatic hydroxyl groups is 1. The summed E-state index contributed by atoms with van der Waals surface area (Å²) in [5.41, 5.74) is -2.02. The Balaban J connectivity index is 2.77. The average molecular weight is 332 g/mol. The van der Waals surface area contributed by atoms with Crippen molar-refractivity contribution in [2.75, 3.05) is 6.26 Å². The molecule has 21 heavy (non-hydrogen) atoms.